The van der Waals surface area contributed by atoms with E-state index in [1.54, 1.807) is 18.5 Å². The first-order chi connectivity index (χ1) is 7.29. The fraction of sp³-hybridized carbons (Fsp3) is 0.556. The Kier molecular flexibility index (Phi) is 5.72. The lowest BCUT2D eigenvalue weighted by Crippen LogP contribution is -2.21. The number of halogens is 2. The van der Waals surface area contributed by atoms with Gasteiger partial charge in [0.2, 0.25) is 0 Å². The lowest BCUT2D eigenvalue weighted by atomic mass is 10.5. The third-order valence-corrected chi connectivity index (χ3v) is 1.57. The number of ether oxygens (including phenoxy) is 1. The van der Waals surface area contributed by atoms with Gasteiger partial charge in [-0.05, 0) is 6.07 Å². The standard InChI is InChI=1S/C9H13F2N3O/c10-8(11)7-15-5-4-12-6-9-13-2-1-3-14-9/h1-3,8,12H,4-7H2. The first-order valence-corrected chi connectivity index (χ1v) is 4.61. The molecule has 1 rings (SSSR count). The zero-order chi connectivity index (χ0) is 10.9. The molecule has 0 amide bonds. The minimum Gasteiger partial charge on any atom is -0.374 e. The number of hydrogen-bond donors (Lipinski definition) is 1. The van der Waals surface area contributed by atoms with Crippen molar-refractivity contribution in [1.29, 1.82) is 0 Å². The van der Waals surface area contributed by atoms with E-state index in [1.807, 2.05) is 0 Å². The third kappa shape index (κ3) is 6.03. The first kappa shape index (κ1) is 11.9. The van der Waals surface area contributed by atoms with Crippen molar-refractivity contribution in [2.24, 2.45) is 0 Å². The molecule has 1 N–H and O–H groups in total. The summed E-state index contributed by atoms with van der Waals surface area (Å²) in [5.74, 6) is 0.673. The maximum atomic E-state index is 11.6. The van der Waals surface area contributed by atoms with Gasteiger partial charge in [0.05, 0.1) is 13.2 Å². The van der Waals surface area contributed by atoms with Gasteiger partial charge in [0.1, 0.15) is 12.4 Å². The highest BCUT2D eigenvalue weighted by molar-refractivity contribution is 4.87. The second-order valence-electron chi connectivity index (χ2n) is 2.81. The molecule has 1 aromatic heterocycles. The van der Waals surface area contributed by atoms with Crippen molar-refractivity contribution in [1.82, 2.24) is 15.3 Å². The predicted molar refractivity (Wildman–Crippen MR) is 50.6 cm³/mol. The zero-order valence-electron chi connectivity index (χ0n) is 8.20. The number of nitrogens with zero attached hydrogens (tertiary/aromatic N) is 2. The molecule has 0 saturated carbocycles. The van der Waals surface area contributed by atoms with E-state index in [0.717, 1.165) is 0 Å². The molecule has 0 radical (unpaired) electrons. The highest BCUT2D eigenvalue weighted by Crippen LogP contribution is 1.91. The van der Waals surface area contributed by atoms with E-state index in [-0.39, 0.29) is 6.61 Å². The van der Waals surface area contributed by atoms with E-state index in [4.69, 9.17) is 0 Å². The molecule has 6 heteroatoms. The summed E-state index contributed by atoms with van der Waals surface area (Å²) in [7, 11) is 0. The molecule has 0 aliphatic heterocycles. The first-order valence-electron chi connectivity index (χ1n) is 4.61. The molecular formula is C9H13F2N3O. The fourth-order valence-corrected chi connectivity index (χ4v) is 0.938. The van der Waals surface area contributed by atoms with E-state index >= 15 is 0 Å². The van der Waals surface area contributed by atoms with Crippen molar-refractivity contribution in [2.45, 2.75) is 13.0 Å². The molecule has 0 bridgehead atoms. The highest BCUT2D eigenvalue weighted by atomic mass is 19.3. The van der Waals surface area contributed by atoms with Gasteiger partial charge in [-0.15, -0.1) is 0 Å². The molecular weight excluding hydrogens is 204 g/mol. The molecule has 15 heavy (non-hydrogen) atoms. The maximum Gasteiger partial charge on any atom is 0.261 e. The summed E-state index contributed by atoms with van der Waals surface area (Å²) in [6, 6.07) is 1.73. The SMILES string of the molecule is FC(F)COCCNCc1ncccn1. The lowest BCUT2D eigenvalue weighted by molar-refractivity contribution is 0.0187. The highest BCUT2D eigenvalue weighted by Gasteiger charge is 2.00. The monoisotopic (exact) mass is 217 g/mol. The Balaban J connectivity index is 1.98. The number of alkyl halides is 2. The average Bonchev–Trinajstić information content (AvgIpc) is 2.24. The van der Waals surface area contributed by atoms with E-state index in [2.05, 4.69) is 20.0 Å². The molecule has 0 spiro atoms. The molecule has 0 atom stereocenters. The topological polar surface area (TPSA) is 47.0 Å². The van der Waals surface area contributed by atoms with Crippen LogP contribution in [0.5, 0.6) is 0 Å². The van der Waals surface area contributed by atoms with Gasteiger partial charge >= 0.3 is 0 Å². The van der Waals surface area contributed by atoms with Gasteiger partial charge in [0.25, 0.3) is 6.43 Å². The minimum atomic E-state index is -2.40. The van der Waals surface area contributed by atoms with Crippen LogP contribution in [-0.2, 0) is 11.3 Å². The van der Waals surface area contributed by atoms with Crippen molar-refractivity contribution in [2.75, 3.05) is 19.8 Å². The number of rotatable bonds is 7. The second-order valence-corrected chi connectivity index (χ2v) is 2.81. The molecule has 0 aliphatic carbocycles. The summed E-state index contributed by atoms with van der Waals surface area (Å²) in [6.45, 7) is 0.768. The summed E-state index contributed by atoms with van der Waals surface area (Å²) in [4.78, 5) is 7.98. The molecule has 4 nitrogen and oxygen atoms in total. The van der Waals surface area contributed by atoms with Crippen LogP contribution in [0.25, 0.3) is 0 Å². The van der Waals surface area contributed by atoms with E-state index in [0.29, 0.717) is 18.9 Å². The number of aromatic nitrogens is 2. The van der Waals surface area contributed by atoms with Crippen molar-refractivity contribution in [3.63, 3.8) is 0 Å². The molecule has 0 saturated heterocycles. The predicted octanol–water partition coefficient (Wildman–Crippen LogP) is 0.848. The summed E-state index contributed by atoms with van der Waals surface area (Å²) in [5.41, 5.74) is 0. The van der Waals surface area contributed by atoms with Gasteiger partial charge in [-0.25, -0.2) is 18.7 Å². The van der Waals surface area contributed by atoms with Crippen molar-refractivity contribution in [3.8, 4) is 0 Å². The van der Waals surface area contributed by atoms with Crippen LogP contribution in [0.1, 0.15) is 5.82 Å². The van der Waals surface area contributed by atoms with Gasteiger partial charge in [-0.3, -0.25) is 0 Å². The molecule has 1 heterocycles. The Morgan fingerprint density at radius 1 is 1.33 bits per heavy atom. The molecule has 0 aliphatic rings. The van der Waals surface area contributed by atoms with Crippen LogP contribution in [0.3, 0.4) is 0 Å². The summed E-state index contributed by atoms with van der Waals surface area (Å²) >= 11 is 0. The largest absolute Gasteiger partial charge is 0.374 e. The Morgan fingerprint density at radius 3 is 2.73 bits per heavy atom. The minimum absolute atomic E-state index is 0.261. The number of hydrogen-bond acceptors (Lipinski definition) is 4. The fourth-order valence-electron chi connectivity index (χ4n) is 0.938. The number of nitrogens with one attached hydrogen (secondary N) is 1. The summed E-state index contributed by atoms with van der Waals surface area (Å²) < 4.78 is 28.0. The second kappa shape index (κ2) is 7.19. The van der Waals surface area contributed by atoms with E-state index < -0.39 is 13.0 Å². The van der Waals surface area contributed by atoms with Gasteiger partial charge < -0.3 is 10.1 Å². The van der Waals surface area contributed by atoms with Crippen LogP contribution in [-0.4, -0.2) is 36.2 Å². The molecule has 0 aromatic carbocycles. The Labute approximate surface area is 86.7 Å². The average molecular weight is 217 g/mol. The summed E-state index contributed by atoms with van der Waals surface area (Å²) in [6.07, 6.45) is 0.900. The van der Waals surface area contributed by atoms with Crippen molar-refractivity contribution in [3.05, 3.63) is 24.3 Å². The van der Waals surface area contributed by atoms with Crippen LogP contribution >= 0.6 is 0 Å². The smallest absolute Gasteiger partial charge is 0.261 e. The third-order valence-electron chi connectivity index (χ3n) is 1.57. The molecule has 0 unspecified atom stereocenters. The lowest BCUT2D eigenvalue weighted by Gasteiger charge is -2.04. The molecule has 1 aromatic rings. The van der Waals surface area contributed by atoms with Crippen LogP contribution in [0.4, 0.5) is 8.78 Å². The zero-order valence-corrected chi connectivity index (χ0v) is 8.20. The Morgan fingerprint density at radius 2 is 2.07 bits per heavy atom. The van der Waals surface area contributed by atoms with Crippen LogP contribution in [0.2, 0.25) is 0 Å². The van der Waals surface area contributed by atoms with Crippen molar-refractivity contribution >= 4 is 0 Å². The van der Waals surface area contributed by atoms with Crippen LogP contribution in [0.15, 0.2) is 18.5 Å². The van der Waals surface area contributed by atoms with E-state index in [1.165, 1.54) is 0 Å². The molecule has 0 fully saturated rings. The van der Waals surface area contributed by atoms with Gasteiger partial charge in [0, 0.05) is 18.9 Å². The van der Waals surface area contributed by atoms with Gasteiger partial charge in [-0.1, -0.05) is 0 Å². The van der Waals surface area contributed by atoms with Crippen molar-refractivity contribution < 1.29 is 13.5 Å². The summed E-state index contributed by atoms with van der Waals surface area (Å²) in [5, 5.41) is 2.98. The quantitative estimate of drug-likeness (QED) is 0.688. The normalized spacial score (nSPS) is 10.9. The van der Waals surface area contributed by atoms with Gasteiger partial charge in [0.15, 0.2) is 0 Å². The Bertz CT molecular complexity index is 259. The van der Waals surface area contributed by atoms with E-state index in [9.17, 15) is 8.78 Å². The Hall–Kier alpha value is -1.14. The maximum absolute atomic E-state index is 11.6. The van der Waals surface area contributed by atoms with Crippen LogP contribution < -0.4 is 5.32 Å². The van der Waals surface area contributed by atoms with Crippen LogP contribution in [0, 0.1) is 0 Å². The van der Waals surface area contributed by atoms with Gasteiger partial charge in [-0.2, -0.15) is 0 Å². The molecule has 84 valence electrons.